The molecule has 0 aliphatic rings. The quantitative estimate of drug-likeness (QED) is 0.558. The summed E-state index contributed by atoms with van der Waals surface area (Å²) in [7, 11) is 0. The maximum atomic E-state index is 10.7. The Bertz CT molecular complexity index is 818. The van der Waals surface area contributed by atoms with E-state index >= 15 is 0 Å². The monoisotopic (exact) mass is 375 g/mol. The van der Waals surface area contributed by atoms with Crippen LogP contribution < -0.4 is 10.1 Å². The molecular formula is C25H29NO2. The lowest BCUT2D eigenvalue weighted by molar-refractivity contribution is 0.130. The number of rotatable bonds is 9. The Morgan fingerprint density at radius 1 is 0.786 bits per heavy atom. The van der Waals surface area contributed by atoms with Gasteiger partial charge in [0.2, 0.25) is 0 Å². The van der Waals surface area contributed by atoms with E-state index in [9.17, 15) is 5.11 Å². The smallest absolute Gasteiger partial charge is 0.119 e. The van der Waals surface area contributed by atoms with Gasteiger partial charge >= 0.3 is 0 Å². The molecule has 3 aromatic carbocycles. The predicted molar refractivity (Wildman–Crippen MR) is 114 cm³/mol. The molecule has 3 unspecified atom stereocenters. The summed E-state index contributed by atoms with van der Waals surface area (Å²) >= 11 is 0. The highest BCUT2D eigenvalue weighted by atomic mass is 16.5. The van der Waals surface area contributed by atoms with E-state index in [0.717, 1.165) is 23.3 Å². The van der Waals surface area contributed by atoms with Crippen molar-refractivity contribution in [2.24, 2.45) is 0 Å². The third-order valence-electron chi connectivity index (χ3n) is 4.88. The van der Waals surface area contributed by atoms with Gasteiger partial charge in [-0.15, -0.1) is 0 Å². The highest BCUT2D eigenvalue weighted by molar-refractivity contribution is 5.29. The van der Waals surface area contributed by atoms with Crippen molar-refractivity contribution in [3.05, 3.63) is 102 Å². The average Bonchev–Trinajstić information content (AvgIpc) is 2.73. The normalized spacial score (nSPS) is 14.2. The number of hydrogen-bond donors (Lipinski definition) is 2. The van der Waals surface area contributed by atoms with Crippen LogP contribution in [0.4, 0.5) is 0 Å². The van der Waals surface area contributed by atoms with Crippen LogP contribution in [0, 0.1) is 0 Å². The first kappa shape index (κ1) is 20.1. The summed E-state index contributed by atoms with van der Waals surface area (Å²) in [6.45, 7) is 4.71. The van der Waals surface area contributed by atoms with Crippen LogP contribution in [0.25, 0.3) is 0 Å². The van der Waals surface area contributed by atoms with Gasteiger partial charge in [-0.25, -0.2) is 0 Å². The van der Waals surface area contributed by atoms with Crippen molar-refractivity contribution in [2.45, 2.75) is 45.1 Å². The first-order chi connectivity index (χ1) is 13.6. The number of aliphatic hydroxyl groups is 1. The fourth-order valence-electron chi connectivity index (χ4n) is 3.36. The SMILES string of the molecule is CC(Cc1ccccc1)NC(C)C(O)c1ccc(OCc2ccccc2)cc1. The largest absolute Gasteiger partial charge is 0.489 e. The minimum Gasteiger partial charge on any atom is -0.489 e. The molecule has 0 spiro atoms. The van der Waals surface area contributed by atoms with Gasteiger partial charge < -0.3 is 15.2 Å². The van der Waals surface area contributed by atoms with E-state index in [-0.39, 0.29) is 12.1 Å². The van der Waals surface area contributed by atoms with E-state index in [1.807, 2.05) is 67.6 Å². The zero-order valence-electron chi connectivity index (χ0n) is 16.6. The van der Waals surface area contributed by atoms with Crippen LogP contribution in [0.15, 0.2) is 84.9 Å². The van der Waals surface area contributed by atoms with E-state index in [4.69, 9.17) is 4.74 Å². The van der Waals surface area contributed by atoms with E-state index in [0.29, 0.717) is 6.61 Å². The lowest BCUT2D eigenvalue weighted by Crippen LogP contribution is -2.39. The molecule has 0 aliphatic carbocycles. The summed E-state index contributed by atoms with van der Waals surface area (Å²) < 4.78 is 5.82. The summed E-state index contributed by atoms with van der Waals surface area (Å²) in [6, 6.07) is 28.4. The molecule has 2 N–H and O–H groups in total. The van der Waals surface area contributed by atoms with Crippen LogP contribution in [-0.4, -0.2) is 17.2 Å². The molecule has 146 valence electrons. The van der Waals surface area contributed by atoms with Gasteiger partial charge in [0.25, 0.3) is 0 Å². The molecule has 28 heavy (non-hydrogen) atoms. The van der Waals surface area contributed by atoms with E-state index in [1.54, 1.807) is 0 Å². The summed E-state index contributed by atoms with van der Waals surface area (Å²) in [5, 5.41) is 14.2. The Labute approximate surface area is 168 Å². The second-order valence-electron chi connectivity index (χ2n) is 7.33. The summed E-state index contributed by atoms with van der Waals surface area (Å²) in [5.74, 6) is 0.804. The Morgan fingerprint density at radius 3 is 1.96 bits per heavy atom. The van der Waals surface area contributed by atoms with Gasteiger partial charge in [0.15, 0.2) is 0 Å². The number of nitrogens with one attached hydrogen (secondary N) is 1. The van der Waals surface area contributed by atoms with Crippen LogP contribution in [0.1, 0.15) is 36.6 Å². The average molecular weight is 376 g/mol. The Balaban J connectivity index is 1.50. The summed E-state index contributed by atoms with van der Waals surface area (Å²) in [4.78, 5) is 0. The zero-order chi connectivity index (χ0) is 19.8. The Hall–Kier alpha value is -2.62. The molecule has 3 aromatic rings. The highest BCUT2D eigenvalue weighted by Crippen LogP contribution is 2.21. The fraction of sp³-hybridized carbons (Fsp3) is 0.280. The third-order valence-corrected chi connectivity index (χ3v) is 4.88. The van der Waals surface area contributed by atoms with Crippen molar-refractivity contribution >= 4 is 0 Å². The van der Waals surface area contributed by atoms with E-state index < -0.39 is 6.10 Å². The van der Waals surface area contributed by atoms with Crippen molar-refractivity contribution in [1.29, 1.82) is 0 Å². The molecule has 0 saturated heterocycles. The molecule has 0 aliphatic heterocycles. The van der Waals surface area contributed by atoms with Crippen molar-refractivity contribution < 1.29 is 9.84 Å². The van der Waals surface area contributed by atoms with Crippen molar-refractivity contribution in [2.75, 3.05) is 0 Å². The third kappa shape index (κ3) is 5.95. The standard InChI is InChI=1S/C25H29NO2/c1-19(17-21-9-5-3-6-10-21)26-20(2)25(27)23-13-15-24(16-14-23)28-18-22-11-7-4-8-12-22/h3-16,19-20,25-27H,17-18H2,1-2H3. The van der Waals surface area contributed by atoms with Crippen molar-refractivity contribution in [3.63, 3.8) is 0 Å². The molecule has 0 radical (unpaired) electrons. The van der Waals surface area contributed by atoms with Crippen LogP contribution in [0.2, 0.25) is 0 Å². The molecule has 3 rings (SSSR count). The summed E-state index contributed by atoms with van der Waals surface area (Å²) in [6.07, 6.45) is 0.367. The van der Waals surface area contributed by atoms with Crippen molar-refractivity contribution in [1.82, 2.24) is 5.32 Å². The summed E-state index contributed by atoms with van der Waals surface area (Å²) in [5.41, 5.74) is 3.32. The molecule has 0 amide bonds. The minimum atomic E-state index is -0.568. The molecule has 0 aromatic heterocycles. The molecule has 3 atom stereocenters. The number of hydrogen-bond acceptors (Lipinski definition) is 3. The van der Waals surface area contributed by atoms with Gasteiger partial charge in [-0.05, 0) is 49.1 Å². The molecule has 0 heterocycles. The Kier molecular flexibility index (Phi) is 7.24. The van der Waals surface area contributed by atoms with E-state index in [2.05, 4.69) is 36.5 Å². The molecule has 3 nitrogen and oxygen atoms in total. The van der Waals surface area contributed by atoms with E-state index in [1.165, 1.54) is 5.56 Å². The maximum Gasteiger partial charge on any atom is 0.119 e. The minimum absolute atomic E-state index is 0.0465. The first-order valence-electron chi connectivity index (χ1n) is 9.86. The van der Waals surface area contributed by atoms with Crippen molar-refractivity contribution in [3.8, 4) is 5.75 Å². The van der Waals surface area contributed by atoms with Crippen LogP contribution >= 0.6 is 0 Å². The lowest BCUT2D eigenvalue weighted by atomic mass is 10.0. The Morgan fingerprint density at radius 2 is 1.36 bits per heavy atom. The second-order valence-corrected chi connectivity index (χ2v) is 7.33. The van der Waals surface area contributed by atoms with Crippen LogP contribution in [0.5, 0.6) is 5.75 Å². The highest BCUT2D eigenvalue weighted by Gasteiger charge is 2.18. The molecule has 0 fully saturated rings. The maximum absolute atomic E-state index is 10.7. The fourth-order valence-corrected chi connectivity index (χ4v) is 3.36. The lowest BCUT2D eigenvalue weighted by Gasteiger charge is -2.25. The van der Waals surface area contributed by atoms with Gasteiger partial charge in [-0.3, -0.25) is 0 Å². The number of benzene rings is 3. The number of aliphatic hydroxyl groups excluding tert-OH is 1. The second kappa shape index (κ2) is 10.1. The van der Waals surface area contributed by atoms with Gasteiger partial charge in [0.05, 0.1) is 6.10 Å². The van der Waals surface area contributed by atoms with Gasteiger partial charge in [-0.2, -0.15) is 0 Å². The van der Waals surface area contributed by atoms with Gasteiger partial charge in [0.1, 0.15) is 12.4 Å². The van der Waals surface area contributed by atoms with Crippen LogP contribution in [-0.2, 0) is 13.0 Å². The molecule has 3 heteroatoms. The first-order valence-corrected chi connectivity index (χ1v) is 9.86. The van der Waals surface area contributed by atoms with Crippen LogP contribution in [0.3, 0.4) is 0 Å². The van der Waals surface area contributed by atoms with Gasteiger partial charge in [0, 0.05) is 12.1 Å². The topological polar surface area (TPSA) is 41.5 Å². The molecular weight excluding hydrogens is 346 g/mol. The zero-order valence-corrected chi connectivity index (χ0v) is 16.6. The molecule has 0 saturated carbocycles. The molecule has 0 bridgehead atoms. The predicted octanol–water partition coefficient (Wildman–Crippen LogP) is 4.91. The number of ether oxygens (including phenoxy) is 1. The van der Waals surface area contributed by atoms with Gasteiger partial charge in [-0.1, -0.05) is 72.8 Å².